The number of nitrogens with zero attached hydrogens (tertiary/aromatic N) is 4. The number of nitrogens with one attached hydrogen (secondary N) is 1. The number of methoxy groups -OCH3 is 3. The largest absolute Gasteiger partial charge is 0.493 e. The minimum absolute atomic E-state index is 0.0487. The summed E-state index contributed by atoms with van der Waals surface area (Å²) >= 11 is 0. The zero-order valence-electron chi connectivity index (χ0n) is 16.6. The lowest BCUT2D eigenvalue weighted by molar-refractivity contribution is 0.0663. The molecule has 0 saturated carbocycles. The molecule has 9 heteroatoms. The van der Waals surface area contributed by atoms with Crippen molar-refractivity contribution in [3.8, 4) is 17.2 Å². The monoisotopic (exact) mass is 387 g/mol. The number of hydrogen-bond acceptors (Lipinski definition) is 8. The van der Waals surface area contributed by atoms with Gasteiger partial charge < -0.3 is 29.3 Å². The minimum Gasteiger partial charge on any atom is -0.493 e. The molecule has 1 N–H and O–H groups in total. The van der Waals surface area contributed by atoms with Crippen molar-refractivity contribution in [1.82, 2.24) is 19.8 Å². The van der Waals surface area contributed by atoms with E-state index in [0.717, 1.165) is 13.1 Å². The Morgan fingerprint density at radius 2 is 1.54 bits per heavy atom. The van der Waals surface area contributed by atoms with Crippen molar-refractivity contribution in [3.05, 3.63) is 30.1 Å². The van der Waals surface area contributed by atoms with E-state index in [9.17, 15) is 4.79 Å². The summed E-state index contributed by atoms with van der Waals surface area (Å²) in [6, 6.07) is 3.52. The highest BCUT2D eigenvalue weighted by Gasteiger charge is 2.21. The van der Waals surface area contributed by atoms with E-state index in [1.165, 1.54) is 12.4 Å². The van der Waals surface area contributed by atoms with Crippen LogP contribution in [0, 0.1) is 0 Å². The summed E-state index contributed by atoms with van der Waals surface area (Å²) in [4.78, 5) is 25.1. The maximum Gasteiger partial charge on any atom is 0.257 e. The van der Waals surface area contributed by atoms with Gasteiger partial charge >= 0.3 is 0 Å². The molecule has 1 aromatic carbocycles. The van der Waals surface area contributed by atoms with Crippen LogP contribution in [-0.2, 0) is 0 Å². The van der Waals surface area contributed by atoms with E-state index in [1.807, 2.05) is 4.90 Å². The van der Waals surface area contributed by atoms with Gasteiger partial charge in [0.05, 0.1) is 26.9 Å². The average Bonchev–Trinajstić information content (AvgIpc) is 2.73. The lowest BCUT2D eigenvalue weighted by Crippen LogP contribution is -2.47. The number of benzene rings is 1. The number of rotatable bonds is 6. The number of amides is 1. The first-order chi connectivity index (χ1) is 13.5. The average molecular weight is 387 g/mol. The number of carbonyl (C=O) groups excluding carboxylic acids is 1. The molecular weight excluding hydrogens is 362 g/mol. The Morgan fingerprint density at radius 1 is 0.964 bits per heavy atom. The van der Waals surface area contributed by atoms with Crippen molar-refractivity contribution in [3.63, 3.8) is 0 Å². The second-order valence-electron chi connectivity index (χ2n) is 6.43. The fraction of sp³-hybridized carbons (Fsp3) is 0.421. The van der Waals surface area contributed by atoms with Crippen LogP contribution in [0.25, 0.3) is 0 Å². The van der Waals surface area contributed by atoms with E-state index in [2.05, 4.69) is 27.2 Å². The number of carbonyl (C=O) groups is 1. The van der Waals surface area contributed by atoms with Gasteiger partial charge in [-0.3, -0.25) is 4.79 Å². The van der Waals surface area contributed by atoms with Gasteiger partial charge in [-0.25, -0.2) is 9.97 Å². The SMILES string of the molecule is COc1cc(Nc2ncc(C(=O)N3CCN(C)CC3)cn2)cc(OC)c1OC. The normalized spacial score (nSPS) is 14.5. The number of hydrogen-bond donors (Lipinski definition) is 1. The van der Waals surface area contributed by atoms with Gasteiger partial charge in [-0.1, -0.05) is 0 Å². The van der Waals surface area contributed by atoms with Crippen LogP contribution in [0.15, 0.2) is 24.5 Å². The van der Waals surface area contributed by atoms with E-state index < -0.39 is 0 Å². The summed E-state index contributed by atoms with van der Waals surface area (Å²) in [6.45, 7) is 3.16. The van der Waals surface area contributed by atoms with Gasteiger partial charge in [0.1, 0.15) is 0 Å². The topological polar surface area (TPSA) is 89.1 Å². The first-order valence-electron chi connectivity index (χ1n) is 8.92. The van der Waals surface area contributed by atoms with Gasteiger partial charge in [0.25, 0.3) is 5.91 Å². The molecule has 28 heavy (non-hydrogen) atoms. The van der Waals surface area contributed by atoms with Crippen LogP contribution in [-0.4, -0.2) is 80.2 Å². The molecule has 1 amide bonds. The van der Waals surface area contributed by atoms with Crippen molar-refractivity contribution >= 4 is 17.5 Å². The van der Waals surface area contributed by atoms with Gasteiger partial charge in [-0.05, 0) is 7.05 Å². The Morgan fingerprint density at radius 3 is 2.04 bits per heavy atom. The summed E-state index contributed by atoms with van der Waals surface area (Å²) in [5, 5.41) is 3.09. The molecule has 0 bridgehead atoms. The summed E-state index contributed by atoms with van der Waals surface area (Å²) < 4.78 is 16.0. The maximum atomic E-state index is 12.6. The fourth-order valence-electron chi connectivity index (χ4n) is 2.98. The predicted octanol–water partition coefficient (Wildman–Crippen LogP) is 1.63. The van der Waals surface area contributed by atoms with E-state index >= 15 is 0 Å². The quantitative estimate of drug-likeness (QED) is 0.800. The number of piperazine rings is 1. The van der Waals surface area contributed by atoms with Gasteiger partial charge in [0.2, 0.25) is 11.7 Å². The Kier molecular flexibility index (Phi) is 6.15. The molecule has 1 aliphatic heterocycles. The van der Waals surface area contributed by atoms with Crippen molar-refractivity contribution in [2.24, 2.45) is 0 Å². The number of likely N-dealkylation sites (N-methyl/N-ethyl adjacent to an activating group) is 1. The molecule has 3 rings (SSSR count). The molecule has 0 aliphatic carbocycles. The predicted molar refractivity (Wildman–Crippen MR) is 105 cm³/mol. The first kappa shape index (κ1) is 19.7. The second kappa shape index (κ2) is 8.75. The Hall–Kier alpha value is -3.07. The summed E-state index contributed by atoms with van der Waals surface area (Å²) in [5.41, 5.74) is 1.15. The third kappa shape index (κ3) is 4.25. The highest BCUT2D eigenvalue weighted by atomic mass is 16.5. The molecule has 1 aromatic heterocycles. The van der Waals surface area contributed by atoms with Crippen molar-refractivity contribution < 1.29 is 19.0 Å². The molecule has 0 unspecified atom stereocenters. The van der Waals surface area contributed by atoms with Gasteiger partial charge in [-0.2, -0.15) is 0 Å². The smallest absolute Gasteiger partial charge is 0.257 e. The number of ether oxygens (including phenoxy) is 3. The van der Waals surface area contributed by atoms with Gasteiger partial charge in [0.15, 0.2) is 11.5 Å². The molecule has 2 aromatic rings. The van der Waals surface area contributed by atoms with Crippen molar-refractivity contribution in [2.45, 2.75) is 0 Å². The first-order valence-corrected chi connectivity index (χ1v) is 8.92. The lowest BCUT2D eigenvalue weighted by atomic mass is 10.2. The Labute approximate surface area is 164 Å². The Bertz CT molecular complexity index is 795. The van der Waals surface area contributed by atoms with Crippen LogP contribution in [0.3, 0.4) is 0 Å². The molecular formula is C19H25N5O4. The second-order valence-corrected chi connectivity index (χ2v) is 6.43. The molecule has 1 fully saturated rings. The lowest BCUT2D eigenvalue weighted by Gasteiger charge is -2.32. The van der Waals surface area contributed by atoms with Gasteiger partial charge in [-0.15, -0.1) is 0 Å². The molecule has 2 heterocycles. The van der Waals surface area contributed by atoms with Crippen LogP contribution in [0.2, 0.25) is 0 Å². The standard InChI is InChI=1S/C19H25N5O4/c1-23-5-7-24(8-6-23)18(25)13-11-20-19(21-12-13)22-14-9-15(26-2)17(28-4)16(10-14)27-3/h9-12H,5-8H2,1-4H3,(H,20,21,22). The fourth-order valence-corrected chi connectivity index (χ4v) is 2.98. The molecule has 150 valence electrons. The number of aromatic nitrogens is 2. The zero-order valence-corrected chi connectivity index (χ0v) is 16.6. The molecule has 0 radical (unpaired) electrons. The molecule has 1 saturated heterocycles. The molecule has 0 spiro atoms. The van der Waals surface area contributed by atoms with Crippen molar-refractivity contribution in [2.75, 3.05) is 59.9 Å². The zero-order chi connectivity index (χ0) is 20.1. The van der Waals surface area contributed by atoms with Gasteiger partial charge in [0, 0.05) is 56.4 Å². The van der Waals surface area contributed by atoms with E-state index in [1.54, 1.807) is 33.5 Å². The van der Waals surface area contributed by atoms with Crippen LogP contribution in [0.1, 0.15) is 10.4 Å². The maximum absolute atomic E-state index is 12.6. The molecule has 0 atom stereocenters. The van der Waals surface area contributed by atoms with Crippen molar-refractivity contribution in [1.29, 1.82) is 0 Å². The third-order valence-electron chi connectivity index (χ3n) is 4.61. The van der Waals surface area contributed by atoms with E-state index in [-0.39, 0.29) is 5.91 Å². The summed E-state index contributed by atoms with van der Waals surface area (Å²) in [7, 11) is 6.70. The van der Waals surface area contributed by atoms with E-state index in [0.29, 0.717) is 47.5 Å². The van der Waals surface area contributed by atoms with Crippen LogP contribution in [0.4, 0.5) is 11.6 Å². The van der Waals surface area contributed by atoms with Crippen LogP contribution >= 0.6 is 0 Å². The summed E-state index contributed by atoms with van der Waals surface area (Å²) in [5.74, 6) is 1.86. The summed E-state index contributed by atoms with van der Waals surface area (Å²) in [6.07, 6.45) is 3.07. The van der Waals surface area contributed by atoms with Crippen LogP contribution in [0.5, 0.6) is 17.2 Å². The Balaban J connectivity index is 1.73. The number of anilines is 2. The minimum atomic E-state index is -0.0487. The third-order valence-corrected chi connectivity index (χ3v) is 4.61. The molecule has 9 nitrogen and oxygen atoms in total. The molecule has 1 aliphatic rings. The van der Waals surface area contributed by atoms with Crippen LogP contribution < -0.4 is 19.5 Å². The highest BCUT2D eigenvalue weighted by molar-refractivity contribution is 5.93. The highest BCUT2D eigenvalue weighted by Crippen LogP contribution is 2.40. The van der Waals surface area contributed by atoms with E-state index in [4.69, 9.17) is 14.2 Å².